The average molecular weight is 539 g/mol. The topological polar surface area (TPSA) is 4.93 Å². The molecule has 1 nitrogen and oxygen atoms in total. The minimum absolute atomic E-state index is 1.35. The van der Waals surface area contributed by atoms with Gasteiger partial charge in [0, 0.05) is 16.6 Å². The zero-order valence-corrected chi connectivity index (χ0v) is 30.5. The quantitative estimate of drug-likeness (QED) is 0.229. The van der Waals surface area contributed by atoms with Gasteiger partial charge in [-0.25, -0.2) is 0 Å². The number of hydrogen-bond donors (Lipinski definition) is 0. The Hall–Kier alpha value is -2.28. The zero-order valence-electron chi connectivity index (χ0n) is 30.5. The number of hydrogen-bond acceptors (Lipinski definition) is 0. The molecule has 0 aliphatic carbocycles. The predicted molar refractivity (Wildman–Crippen MR) is 245 cm³/mol. The molecule has 0 spiro atoms. The Labute approximate surface area is 274 Å². The second-order valence-corrected chi connectivity index (χ2v) is 13.9. The first-order valence-corrected chi connectivity index (χ1v) is 16.0. The summed E-state index contributed by atoms with van der Waals surface area (Å²) >= 11 is 0. The standard InChI is InChI=1S/C26H39B16N/c1-4(27)12(31)17(36)10-11-18(37)19(38)20(39)23(42)25(11)43(24(10)5(2)28)26-21(40)15(34)9(16(35)22(26)41)8-13(32)6(29)3-7(30)14(8)33/h3H,27-42H2,1-2H3/b12-4-,17-10+,24-5-. The van der Waals surface area contributed by atoms with Gasteiger partial charge in [0.05, 0.1) is 0 Å². The van der Waals surface area contributed by atoms with E-state index in [1.807, 2.05) is 0 Å². The van der Waals surface area contributed by atoms with Gasteiger partial charge in [0.2, 0.25) is 0 Å². The Morgan fingerprint density at radius 2 is 0.977 bits per heavy atom. The fourth-order valence-electron chi connectivity index (χ4n) is 7.44. The molecule has 43 heavy (non-hydrogen) atoms. The molecule has 0 radical (unpaired) electrons. The highest BCUT2D eigenvalue weighted by atomic mass is 15.0. The minimum atomic E-state index is 1.35. The Balaban J connectivity index is 2.42. The molecule has 3 aromatic carbocycles. The molecule has 4 aromatic rings. The Bertz CT molecular complexity index is 1990. The van der Waals surface area contributed by atoms with Crippen molar-refractivity contribution in [1.29, 1.82) is 0 Å². The van der Waals surface area contributed by atoms with E-state index in [9.17, 15) is 0 Å². The van der Waals surface area contributed by atoms with Crippen molar-refractivity contribution in [3.8, 4) is 16.8 Å². The van der Waals surface area contributed by atoms with Gasteiger partial charge in [-0.1, -0.05) is 90.9 Å². The zero-order chi connectivity index (χ0) is 32.6. The molecule has 0 fully saturated rings. The van der Waals surface area contributed by atoms with Crippen LogP contribution in [-0.2, 0) is 0 Å². The summed E-state index contributed by atoms with van der Waals surface area (Å²) in [5.74, 6) is 0. The van der Waals surface area contributed by atoms with Crippen LogP contribution in [0.5, 0.6) is 0 Å². The summed E-state index contributed by atoms with van der Waals surface area (Å²) in [6.07, 6.45) is 0. The van der Waals surface area contributed by atoms with Crippen molar-refractivity contribution in [2.24, 2.45) is 0 Å². The van der Waals surface area contributed by atoms with Crippen LogP contribution < -0.4 is 76.1 Å². The Kier molecular flexibility index (Phi) is 9.31. The highest BCUT2D eigenvalue weighted by Crippen LogP contribution is 2.14. The highest BCUT2D eigenvalue weighted by Gasteiger charge is 2.24. The van der Waals surface area contributed by atoms with Crippen molar-refractivity contribution in [2.75, 3.05) is 0 Å². The Morgan fingerprint density at radius 3 is 1.42 bits per heavy atom. The lowest BCUT2D eigenvalue weighted by Crippen LogP contribution is -2.52. The van der Waals surface area contributed by atoms with Crippen molar-refractivity contribution >= 4 is 213 Å². The summed E-state index contributed by atoms with van der Waals surface area (Å²) in [6, 6.07) is 2.34. The fraction of sp³-hybridized carbons (Fsp3) is 0.0769. The van der Waals surface area contributed by atoms with E-state index in [-0.39, 0.29) is 0 Å². The summed E-state index contributed by atoms with van der Waals surface area (Å²) in [6.45, 7) is 4.54. The lowest BCUT2D eigenvalue weighted by molar-refractivity contribution is 1.09. The van der Waals surface area contributed by atoms with E-state index in [0.29, 0.717) is 0 Å². The summed E-state index contributed by atoms with van der Waals surface area (Å²) in [5.41, 5.74) is 27.7. The smallest absolute Gasteiger partial charge is 0.141 e. The van der Waals surface area contributed by atoms with Crippen LogP contribution in [0.15, 0.2) is 17.0 Å². The van der Waals surface area contributed by atoms with Crippen LogP contribution >= 0.6 is 0 Å². The van der Waals surface area contributed by atoms with Gasteiger partial charge in [-0.15, -0.1) is 16.4 Å². The van der Waals surface area contributed by atoms with E-state index in [4.69, 9.17) is 0 Å². The van der Waals surface area contributed by atoms with E-state index < -0.39 is 0 Å². The molecule has 0 aliphatic rings. The van der Waals surface area contributed by atoms with Crippen LogP contribution in [0.1, 0.15) is 13.8 Å². The lowest BCUT2D eigenvalue weighted by atomic mass is 9.59. The van der Waals surface area contributed by atoms with Crippen molar-refractivity contribution in [3.63, 3.8) is 0 Å². The van der Waals surface area contributed by atoms with Crippen molar-refractivity contribution in [1.82, 2.24) is 4.57 Å². The molecule has 0 atom stereocenters. The summed E-state index contributed by atoms with van der Waals surface area (Å²) in [4.78, 5) is 0. The third-order valence-corrected chi connectivity index (χ3v) is 11.2. The van der Waals surface area contributed by atoms with Gasteiger partial charge >= 0.3 is 0 Å². The van der Waals surface area contributed by atoms with Crippen molar-refractivity contribution in [3.05, 3.63) is 27.6 Å². The first-order chi connectivity index (χ1) is 19.9. The van der Waals surface area contributed by atoms with E-state index in [1.54, 1.807) is 0 Å². The summed E-state index contributed by atoms with van der Waals surface area (Å²) < 4.78 is 2.66. The van der Waals surface area contributed by atoms with E-state index >= 15 is 0 Å². The molecular formula is C26H39B16N. The number of benzene rings is 3. The second-order valence-electron chi connectivity index (χ2n) is 13.9. The van der Waals surface area contributed by atoms with Gasteiger partial charge in [-0.3, -0.25) is 0 Å². The molecule has 0 saturated heterocycles. The third-order valence-electron chi connectivity index (χ3n) is 11.2. The van der Waals surface area contributed by atoms with Gasteiger partial charge in [0.1, 0.15) is 126 Å². The van der Waals surface area contributed by atoms with Gasteiger partial charge < -0.3 is 4.57 Å². The van der Waals surface area contributed by atoms with Gasteiger partial charge in [0.25, 0.3) is 0 Å². The first kappa shape index (κ1) is 33.6. The van der Waals surface area contributed by atoms with Crippen LogP contribution in [0, 0.1) is 0 Å². The van der Waals surface area contributed by atoms with E-state index in [0.717, 1.165) is 0 Å². The molecule has 0 amide bonds. The monoisotopic (exact) mass is 541 g/mol. The normalized spacial score (nSPS) is 13.6. The number of allylic oxidation sites excluding steroid dienone is 2. The van der Waals surface area contributed by atoms with Crippen LogP contribution in [0.2, 0.25) is 0 Å². The fourth-order valence-corrected chi connectivity index (χ4v) is 7.44. The van der Waals surface area contributed by atoms with Crippen LogP contribution in [0.4, 0.5) is 0 Å². The molecule has 0 N–H and O–H groups in total. The average Bonchev–Trinajstić information content (AvgIpc) is 3.30. The summed E-state index contributed by atoms with van der Waals surface area (Å²) in [7, 11) is 37.0. The molecule has 17 heteroatoms. The third kappa shape index (κ3) is 5.06. The number of nitrogens with zero attached hydrogens (tertiary/aromatic N) is 1. The molecule has 0 saturated carbocycles. The number of aromatic nitrogens is 1. The predicted octanol–water partition coefficient (Wildman–Crippen LogP) is -19.6. The first-order valence-electron chi connectivity index (χ1n) is 16.0. The molecule has 1 aromatic heterocycles. The molecule has 196 valence electrons. The molecule has 1 heterocycles. The SMILES string of the molecule is B/C(C)=C(B)/C(B)=c1\c(=C(\B)C)n(-c2c(B)c(B)c(-c3c(B)c(B)cc(B)c3B)c(B)c2B)c2c(B)c(B)c(B)c(B)c12. The second kappa shape index (κ2) is 11.9. The number of rotatable bonds is 3. The summed E-state index contributed by atoms with van der Waals surface area (Å²) in [5, 5.41) is 4.16. The van der Waals surface area contributed by atoms with Gasteiger partial charge in [-0.05, 0) is 21.7 Å². The van der Waals surface area contributed by atoms with Gasteiger partial charge in [0.15, 0.2) is 0 Å². The molecule has 0 bridgehead atoms. The van der Waals surface area contributed by atoms with E-state index in [2.05, 4.69) is 150 Å². The van der Waals surface area contributed by atoms with Crippen molar-refractivity contribution in [2.45, 2.75) is 13.8 Å². The number of fused-ring (bicyclic) bond motifs is 1. The Morgan fingerprint density at radius 1 is 0.535 bits per heavy atom. The maximum atomic E-state index is 2.66. The van der Waals surface area contributed by atoms with Crippen LogP contribution in [0.3, 0.4) is 0 Å². The molecule has 4 rings (SSSR count). The maximum Gasteiger partial charge on any atom is 0.141 e. The molecule has 0 aliphatic heterocycles. The minimum Gasteiger partial charge on any atom is -0.312 e. The van der Waals surface area contributed by atoms with Crippen LogP contribution in [-0.4, -0.2) is 130 Å². The van der Waals surface area contributed by atoms with Gasteiger partial charge in [-0.2, -0.15) is 0 Å². The van der Waals surface area contributed by atoms with Crippen LogP contribution in [0.25, 0.3) is 38.7 Å². The highest BCUT2D eigenvalue weighted by molar-refractivity contribution is 6.68. The molecular weight excluding hydrogens is 499 g/mol. The van der Waals surface area contributed by atoms with E-state index in [1.165, 1.54) is 126 Å². The lowest BCUT2D eigenvalue weighted by Gasteiger charge is -2.27. The largest absolute Gasteiger partial charge is 0.312 e. The molecule has 0 unspecified atom stereocenters. The maximum absolute atomic E-state index is 2.66. The van der Waals surface area contributed by atoms with Crippen molar-refractivity contribution < 1.29 is 0 Å².